The van der Waals surface area contributed by atoms with Crippen molar-refractivity contribution in [2.24, 2.45) is 5.92 Å². The normalized spacial score (nSPS) is 15.6. The van der Waals surface area contributed by atoms with Gasteiger partial charge in [0.1, 0.15) is 11.6 Å². The van der Waals surface area contributed by atoms with Gasteiger partial charge in [0.25, 0.3) is 0 Å². The lowest BCUT2D eigenvalue weighted by Gasteiger charge is -2.06. The number of rotatable bonds is 4. The van der Waals surface area contributed by atoms with Gasteiger partial charge in [0.15, 0.2) is 0 Å². The fraction of sp³-hybridized carbons (Fsp3) is 0.455. The lowest BCUT2D eigenvalue weighted by Crippen LogP contribution is -2.00. The molecule has 0 atom stereocenters. The maximum absolute atomic E-state index is 13.0. The average molecular weight is 196 g/mol. The molecule has 0 aliphatic heterocycles. The zero-order chi connectivity index (χ0) is 9.97. The molecule has 76 valence electrons. The van der Waals surface area contributed by atoms with Gasteiger partial charge in [-0.05, 0) is 36.5 Å². The van der Waals surface area contributed by atoms with E-state index in [1.54, 1.807) is 6.07 Å². The Morgan fingerprint density at radius 2 is 2.14 bits per heavy atom. The third-order valence-electron chi connectivity index (χ3n) is 2.30. The van der Waals surface area contributed by atoms with E-state index in [-0.39, 0.29) is 12.4 Å². The van der Waals surface area contributed by atoms with Gasteiger partial charge in [0.05, 0.1) is 13.2 Å². The molecule has 0 heterocycles. The molecule has 1 aliphatic rings. The van der Waals surface area contributed by atoms with Crippen LogP contribution in [-0.2, 0) is 6.61 Å². The fourth-order valence-electron chi connectivity index (χ4n) is 1.29. The highest BCUT2D eigenvalue weighted by atomic mass is 19.1. The number of aliphatic hydroxyl groups excluding tert-OH is 1. The molecular weight excluding hydrogens is 183 g/mol. The first-order valence-electron chi connectivity index (χ1n) is 4.81. The Bertz CT molecular complexity index is 321. The van der Waals surface area contributed by atoms with Crippen LogP contribution in [0, 0.1) is 11.7 Å². The highest BCUT2D eigenvalue weighted by Gasteiger charge is 2.21. The molecule has 0 spiro atoms. The van der Waals surface area contributed by atoms with Crippen molar-refractivity contribution in [1.29, 1.82) is 0 Å². The van der Waals surface area contributed by atoms with Crippen LogP contribution >= 0.6 is 0 Å². The van der Waals surface area contributed by atoms with Crippen molar-refractivity contribution >= 4 is 0 Å². The van der Waals surface area contributed by atoms with Crippen molar-refractivity contribution in [3.05, 3.63) is 29.6 Å². The van der Waals surface area contributed by atoms with E-state index in [2.05, 4.69) is 0 Å². The molecule has 1 fully saturated rings. The standard InChI is InChI=1S/C11H13FO2/c12-10-3-9(6-13)4-11(5-10)14-7-8-1-2-8/h3-5,8,13H,1-2,6-7H2. The molecule has 1 N–H and O–H groups in total. The highest BCUT2D eigenvalue weighted by molar-refractivity contribution is 5.29. The van der Waals surface area contributed by atoms with Gasteiger partial charge < -0.3 is 9.84 Å². The number of ether oxygens (including phenoxy) is 1. The Labute approximate surface area is 82.3 Å². The second-order valence-electron chi connectivity index (χ2n) is 3.71. The zero-order valence-electron chi connectivity index (χ0n) is 7.87. The van der Waals surface area contributed by atoms with E-state index in [0.717, 1.165) is 0 Å². The third kappa shape index (κ3) is 2.45. The van der Waals surface area contributed by atoms with Crippen molar-refractivity contribution in [2.45, 2.75) is 19.4 Å². The molecule has 1 saturated carbocycles. The van der Waals surface area contributed by atoms with Crippen LogP contribution in [0.1, 0.15) is 18.4 Å². The van der Waals surface area contributed by atoms with Crippen LogP contribution in [0.3, 0.4) is 0 Å². The minimum atomic E-state index is -0.359. The predicted octanol–water partition coefficient (Wildman–Crippen LogP) is 2.11. The summed E-state index contributed by atoms with van der Waals surface area (Å²) in [6.07, 6.45) is 2.42. The summed E-state index contributed by atoms with van der Waals surface area (Å²) < 4.78 is 18.4. The SMILES string of the molecule is OCc1cc(F)cc(OCC2CC2)c1. The summed E-state index contributed by atoms with van der Waals surface area (Å²) in [4.78, 5) is 0. The Hall–Kier alpha value is -1.09. The molecule has 0 aromatic heterocycles. The Morgan fingerprint density at radius 3 is 2.79 bits per heavy atom. The molecule has 14 heavy (non-hydrogen) atoms. The number of hydrogen-bond acceptors (Lipinski definition) is 2. The highest BCUT2D eigenvalue weighted by Crippen LogP contribution is 2.29. The predicted molar refractivity (Wildman–Crippen MR) is 50.5 cm³/mol. The number of aliphatic hydroxyl groups is 1. The average Bonchev–Trinajstić information content (AvgIpc) is 2.97. The lowest BCUT2D eigenvalue weighted by atomic mass is 10.2. The van der Waals surface area contributed by atoms with Crippen molar-refractivity contribution < 1.29 is 14.2 Å². The minimum absolute atomic E-state index is 0.155. The van der Waals surface area contributed by atoms with Crippen molar-refractivity contribution in [1.82, 2.24) is 0 Å². The summed E-state index contributed by atoms with van der Waals surface area (Å²) >= 11 is 0. The Balaban J connectivity index is 2.03. The monoisotopic (exact) mass is 196 g/mol. The van der Waals surface area contributed by atoms with Crippen LogP contribution in [0.4, 0.5) is 4.39 Å². The summed E-state index contributed by atoms with van der Waals surface area (Å²) in [6, 6.07) is 4.33. The second-order valence-corrected chi connectivity index (χ2v) is 3.71. The van der Waals surface area contributed by atoms with Gasteiger partial charge in [-0.15, -0.1) is 0 Å². The van der Waals surface area contributed by atoms with Crippen LogP contribution < -0.4 is 4.74 Å². The van der Waals surface area contributed by atoms with E-state index >= 15 is 0 Å². The molecule has 0 amide bonds. The van der Waals surface area contributed by atoms with Gasteiger partial charge in [-0.25, -0.2) is 4.39 Å². The fourth-order valence-corrected chi connectivity index (χ4v) is 1.29. The van der Waals surface area contributed by atoms with Crippen molar-refractivity contribution in [3.8, 4) is 5.75 Å². The summed E-state index contributed by atoms with van der Waals surface area (Å²) in [5.41, 5.74) is 0.552. The minimum Gasteiger partial charge on any atom is -0.493 e. The molecule has 0 unspecified atom stereocenters. The third-order valence-corrected chi connectivity index (χ3v) is 2.30. The summed E-state index contributed by atoms with van der Waals surface area (Å²) in [5, 5.41) is 8.85. The van der Waals surface area contributed by atoms with E-state index in [4.69, 9.17) is 9.84 Å². The van der Waals surface area contributed by atoms with E-state index in [9.17, 15) is 4.39 Å². The summed E-state index contributed by atoms with van der Waals surface area (Å²) in [6.45, 7) is 0.506. The topological polar surface area (TPSA) is 29.5 Å². The first-order chi connectivity index (χ1) is 6.78. The van der Waals surface area contributed by atoms with Gasteiger partial charge in [-0.2, -0.15) is 0 Å². The summed E-state index contributed by atoms with van der Waals surface area (Å²) in [5.74, 6) is 0.805. The maximum atomic E-state index is 13.0. The molecule has 3 heteroatoms. The number of halogens is 1. The molecular formula is C11H13FO2. The molecule has 1 aromatic rings. The van der Waals surface area contributed by atoms with Gasteiger partial charge in [0.2, 0.25) is 0 Å². The lowest BCUT2D eigenvalue weighted by molar-refractivity contribution is 0.276. The van der Waals surface area contributed by atoms with E-state index in [1.807, 2.05) is 0 Å². The molecule has 1 aromatic carbocycles. The van der Waals surface area contributed by atoms with Crippen LogP contribution in [-0.4, -0.2) is 11.7 Å². The van der Waals surface area contributed by atoms with Crippen LogP contribution in [0.2, 0.25) is 0 Å². The van der Waals surface area contributed by atoms with Gasteiger partial charge in [-0.3, -0.25) is 0 Å². The smallest absolute Gasteiger partial charge is 0.127 e. The molecule has 0 bridgehead atoms. The summed E-state index contributed by atoms with van der Waals surface area (Å²) in [7, 11) is 0. The molecule has 2 nitrogen and oxygen atoms in total. The van der Waals surface area contributed by atoms with Gasteiger partial charge >= 0.3 is 0 Å². The van der Waals surface area contributed by atoms with E-state index in [0.29, 0.717) is 23.8 Å². The Kier molecular flexibility index (Phi) is 2.68. The molecule has 0 saturated heterocycles. The van der Waals surface area contributed by atoms with Gasteiger partial charge in [0, 0.05) is 6.07 Å². The van der Waals surface area contributed by atoms with Gasteiger partial charge in [-0.1, -0.05) is 0 Å². The van der Waals surface area contributed by atoms with Crippen LogP contribution in [0.25, 0.3) is 0 Å². The molecule has 1 aliphatic carbocycles. The van der Waals surface area contributed by atoms with Crippen LogP contribution in [0.5, 0.6) is 5.75 Å². The first-order valence-corrected chi connectivity index (χ1v) is 4.81. The largest absolute Gasteiger partial charge is 0.493 e. The van der Waals surface area contributed by atoms with E-state index < -0.39 is 0 Å². The number of hydrogen-bond donors (Lipinski definition) is 1. The quantitative estimate of drug-likeness (QED) is 0.799. The molecule has 0 radical (unpaired) electrons. The first kappa shape index (κ1) is 9.46. The maximum Gasteiger partial charge on any atom is 0.127 e. The van der Waals surface area contributed by atoms with E-state index in [1.165, 1.54) is 25.0 Å². The second kappa shape index (κ2) is 3.96. The number of benzene rings is 1. The van der Waals surface area contributed by atoms with Crippen molar-refractivity contribution in [3.63, 3.8) is 0 Å². The van der Waals surface area contributed by atoms with Crippen LogP contribution in [0.15, 0.2) is 18.2 Å². The molecule has 2 rings (SSSR count). The Morgan fingerprint density at radius 1 is 1.36 bits per heavy atom. The van der Waals surface area contributed by atoms with Crippen molar-refractivity contribution in [2.75, 3.05) is 6.61 Å². The zero-order valence-corrected chi connectivity index (χ0v) is 7.87.